The summed E-state index contributed by atoms with van der Waals surface area (Å²) in [6.07, 6.45) is 1.74. The van der Waals surface area contributed by atoms with Crippen molar-refractivity contribution in [3.63, 3.8) is 0 Å². The smallest absolute Gasteiger partial charge is 0.136 e. The molecule has 0 aliphatic rings. The molecule has 130 valence electrons. The standard InChI is InChI=1S/C22H21N3S/c1-14-5-6-16(3)20(9-14)24-12-19(11-23)22-25-21(13-26-22)18-8-7-15(2)17(4)10-18/h5-10,12-13,24H,1-4H3/b19-12+. The molecular weight excluding hydrogens is 338 g/mol. The number of allylic oxidation sites excluding steroid dienone is 1. The average Bonchev–Trinajstić information content (AvgIpc) is 3.10. The van der Waals surface area contributed by atoms with Gasteiger partial charge >= 0.3 is 0 Å². The van der Waals surface area contributed by atoms with Crippen molar-refractivity contribution in [1.82, 2.24) is 4.98 Å². The third-order valence-electron chi connectivity index (χ3n) is 4.42. The number of nitriles is 1. The van der Waals surface area contributed by atoms with E-state index in [-0.39, 0.29) is 0 Å². The van der Waals surface area contributed by atoms with Crippen LogP contribution >= 0.6 is 11.3 Å². The minimum atomic E-state index is 0.533. The summed E-state index contributed by atoms with van der Waals surface area (Å²) in [6, 6.07) is 14.8. The quantitative estimate of drug-likeness (QED) is 0.579. The zero-order valence-electron chi connectivity index (χ0n) is 15.4. The normalized spacial score (nSPS) is 11.3. The van der Waals surface area contributed by atoms with Crippen molar-refractivity contribution in [1.29, 1.82) is 5.26 Å². The number of anilines is 1. The molecule has 0 spiro atoms. The molecule has 1 heterocycles. The molecule has 2 aromatic carbocycles. The number of hydrogen-bond acceptors (Lipinski definition) is 4. The summed E-state index contributed by atoms with van der Waals surface area (Å²) in [5, 5.41) is 15.5. The number of benzene rings is 2. The Morgan fingerprint density at radius 2 is 1.81 bits per heavy atom. The first kappa shape index (κ1) is 17.9. The van der Waals surface area contributed by atoms with Gasteiger partial charge in [0.15, 0.2) is 0 Å². The second kappa shape index (κ2) is 7.55. The Bertz CT molecular complexity index is 1020. The molecule has 4 heteroatoms. The Kier molecular flexibility index (Phi) is 5.20. The van der Waals surface area contributed by atoms with E-state index >= 15 is 0 Å². The summed E-state index contributed by atoms with van der Waals surface area (Å²) in [7, 11) is 0. The van der Waals surface area contributed by atoms with Gasteiger partial charge in [-0.2, -0.15) is 5.26 Å². The lowest BCUT2D eigenvalue weighted by atomic mass is 10.1. The van der Waals surface area contributed by atoms with Crippen molar-refractivity contribution in [2.45, 2.75) is 27.7 Å². The van der Waals surface area contributed by atoms with Crippen molar-refractivity contribution in [2.24, 2.45) is 0 Å². The van der Waals surface area contributed by atoms with E-state index in [9.17, 15) is 5.26 Å². The van der Waals surface area contributed by atoms with Gasteiger partial charge in [-0.3, -0.25) is 0 Å². The van der Waals surface area contributed by atoms with Gasteiger partial charge in [0.05, 0.1) is 5.69 Å². The largest absolute Gasteiger partial charge is 0.360 e. The van der Waals surface area contributed by atoms with E-state index < -0.39 is 0 Å². The van der Waals surface area contributed by atoms with E-state index in [1.54, 1.807) is 6.20 Å². The van der Waals surface area contributed by atoms with Gasteiger partial charge in [0.25, 0.3) is 0 Å². The van der Waals surface area contributed by atoms with E-state index in [0.717, 1.165) is 27.5 Å². The summed E-state index contributed by atoms with van der Waals surface area (Å²) >= 11 is 1.49. The Morgan fingerprint density at radius 1 is 1.04 bits per heavy atom. The zero-order valence-corrected chi connectivity index (χ0v) is 16.2. The van der Waals surface area contributed by atoms with Gasteiger partial charge in [-0.1, -0.05) is 24.3 Å². The lowest BCUT2D eigenvalue weighted by Crippen LogP contribution is -1.94. The van der Waals surface area contributed by atoms with Gasteiger partial charge in [-0.15, -0.1) is 11.3 Å². The number of aromatic nitrogens is 1. The van der Waals surface area contributed by atoms with Crippen LogP contribution in [0.4, 0.5) is 5.69 Å². The molecule has 0 aliphatic carbocycles. The molecule has 3 aromatic rings. The lowest BCUT2D eigenvalue weighted by molar-refractivity contribution is 1.31. The van der Waals surface area contributed by atoms with Crippen LogP contribution in [0.5, 0.6) is 0 Å². The molecule has 1 aromatic heterocycles. The van der Waals surface area contributed by atoms with Gasteiger partial charge in [-0.25, -0.2) is 4.98 Å². The first-order valence-corrected chi connectivity index (χ1v) is 9.33. The maximum atomic E-state index is 9.55. The SMILES string of the molecule is Cc1ccc(C)c(N/C=C(\C#N)c2nc(-c3ccc(C)c(C)c3)cs2)c1. The highest BCUT2D eigenvalue weighted by molar-refractivity contribution is 7.11. The molecule has 26 heavy (non-hydrogen) atoms. The third-order valence-corrected chi connectivity index (χ3v) is 5.30. The molecule has 0 aliphatic heterocycles. The number of hydrogen-bond donors (Lipinski definition) is 1. The van der Waals surface area contributed by atoms with Crippen LogP contribution in [0.3, 0.4) is 0 Å². The summed E-state index contributed by atoms with van der Waals surface area (Å²) in [6.45, 7) is 8.29. The predicted molar refractivity (Wildman–Crippen MR) is 110 cm³/mol. The van der Waals surface area contributed by atoms with Crippen LogP contribution in [0.25, 0.3) is 16.8 Å². The molecular formula is C22H21N3S. The van der Waals surface area contributed by atoms with Crippen LogP contribution in [0, 0.1) is 39.0 Å². The third kappa shape index (κ3) is 3.84. The van der Waals surface area contributed by atoms with E-state index in [4.69, 9.17) is 0 Å². The maximum Gasteiger partial charge on any atom is 0.136 e. The van der Waals surface area contributed by atoms with E-state index in [1.807, 2.05) is 12.3 Å². The van der Waals surface area contributed by atoms with Gasteiger partial charge in [0, 0.05) is 22.8 Å². The first-order chi connectivity index (χ1) is 12.5. The Hall–Kier alpha value is -2.90. The maximum absolute atomic E-state index is 9.55. The van der Waals surface area contributed by atoms with Crippen LogP contribution in [0.15, 0.2) is 48.0 Å². The lowest BCUT2D eigenvalue weighted by Gasteiger charge is -2.07. The molecule has 0 bridgehead atoms. The second-order valence-corrected chi connectivity index (χ2v) is 7.33. The topological polar surface area (TPSA) is 48.7 Å². The first-order valence-electron chi connectivity index (χ1n) is 8.45. The monoisotopic (exact) mass is 359 g/mol. The number of thiazole rings is 1. The zero-order chi connectivity index (χ0) is 18.7. The van der Waals surface area contributed by atoms with Crippen molar-refractivity contribution >= 4 is 22.6 Å². The van der Waals surface area contributed by atoms with Gasteiger partial charge in [-0.05, 0) is 62.1 Å². The van der Waals surface area contributed by atoms with Crippen molar-refractivity contribution in [3.8, 4) is 17.3 Å². The summed E-state index contributed by atoms with van der Waals surface area (Å²) < 4.78 is 0. The Morgan fingerprint density at radius 3 is 2.54 bits per heavy atom. The fourth-order valence-electron chi connectivity index (χ4n) is 2.61. The molecule has 0 saturated heterocycles. The van der Waals surface area contributed by atoms with E-state index in [1.165, 1.54) is 28.0 Å². The number of nitrogens with one attached hydrogen (secondary N) is 1. The molecule has 0 fully saturated rings. The minimum absolute atomic E-state index is 0.533. The van der Waals surface area contributed by atoms with Crippen LogP contribution in [0.2, 0.25) is 0 Å². The van der Waals surface area contributed by atoms with Crippen molar-refractivity contribution < 1.29 is 0 Å². The summed E-state index contributed by atoms with van der Waals surface area (Å²) in [5.74, 6) is 0. The fourth-order valence-corrected chi connectivity index (χ4v) is 3.41. The minimum Gasteiger partial charge on any atom is -0.360 e. The fraction of sp³-hybridized carbons (Fsp3) is 0.182. The molecule has 0 unspecified atom stereocenters. The van der Waals surface area contributed by atoms with Crippen LogP contribution in [-0.2, 0) is 0 Å². The Labute approximate surface area is 158 Å². The van der Waals surface area contributed by atoms with Gasteiger partial charge in [0.2, 0.25) is 0 Å². The van der Waals surface area contributed by atoms with Crippen LogP contribution in [-0.4, -0.2) is 4.98 Å². The second-order valence-electron chi connectivity index (χ2n) is 6.47. The van der Waals surface area contributed by atoms with Gasteiger partial charge in [0.1, 0.15) is 16.6 Å². The van der Waals surface area contributed by atoms with Gasteiger partial charge < -0.3 is 5.32 Å². The molecule has 0 radical (unpaired) electrons. The molecule has 3 rings (SSSR count). The van der Waals surface area contributed by atoms with Crippen LogP contribution in [0.1, 0.15) is 27.3 Å². The predicted octanol–water partition coefficient (Wildman–Crippen LogP) is 6.02. The summed E-state index contributed by atoms with van der Waals surface area (Å²) in [4.78, 5) is 4.66. The highest BCUT2D eigenvalue weighted by atomic mass is 32.1. The highest BCUT2D eigenvalue weighted by Gasteiger charge is 2.10. The average molecular weight is 359 g/mol. The highest BCUT2D eigenvalue weighted by Crippen LogP contribution is 2.27. The molecule has 0 saturated carbocycles. The molecule has 0 amide bonds. The van der Waals surface area contributed by atoms with E-state index in [0.29, 0.717) is 5.57 Å². The number of aryl methyl sites for hydroxylation is 4. The molecule has 0 atom stereocenters. The number of rotatable bonds is 4. The van der Waals surface area contributed by atoms with Crippen molar-refractivity contribution in [2.75, 3.05) is 5.32 Å². The Balaban J connectivity index is 1.87. The number of nitrogens with zero attached hydrogens (tertiary/aromatic N) is 2. The molecule has 3 nitrogen and oxygen atoms in total. The van der Waals surface area contributed by atoms with Crippen LogP contribution < -0.4 is 5.32 Å². The van der Waals surface area contributed by atoms with E-state index in [2.05, 4.69) is 73.5 Å². The molecule has 1 N–H and O–H groups in total. The summed E-state index contributed by atoms with van der Waals surface area (Å²) in [5.41, 5.74) is 8.34. The van der Waals surface area contributed by atoms with Crippen molar-refractivity contribution in [3.05, 3.63) is 75.2 Å².